The standard InChI is InChI=1S/C23H31NO3/c1-3-5-21-14-19(25)15-23(27-21)17-8-11-22(24)18(13-17)12-16-6-9-20(10-7-16)26-4-2/h6-11,13,19,21,23,25H,3-5,12,14-15,24H2,1-2H3. The van der Waals surface area contributed by atoms with Gasteiger partial charge in [0.1, 0.15) is 5.75 Å². The van der Waals surface area contributed by atoms with Gasteiger partial charge in [0.25, 0.3) is 0 Å². The Hall–Kier alpha value is -2.04. The molecular weight excluding hydrogens is 338 g/mol. The van der Waals surface area contributed by atoms with Crippen LogP contribution in [0.25, 0.3) is 0 Å². The first kappa shape index (κ1) is 19.7. The summed E-state index contributed by atoms with van der Waals surface area (Å²) in [5.74, 6) is 0.884. The highest BCUT2D eigenvalue weighted by Crippen LogP contribution is 2.34. The summed E-state index contributed by atoms with van der Waals surface area (Å²) in [6.45, 7) is 4.80. The highest BCUT2D eigenvalue weighted by molar-refractivity contribution is 5.51. The molecule has 1 aliphatic rings. The summed E-state index contributed by atoms with van der Waals surface area (Å²) < 4.78 is 11.8. The van der Waals surface area contributed by atoms with Gasteiger partial charge < -0.3 is 20.3 Å². The Bertz CT molecular complexity index is 729. The third-order valence-corrected chi connectivity index (χ3v) is 5.16. The number of hydrogen-bond donors (Lipinski definition) is 2. The molecule has 1 heterocycles. The second-order valence-corrected chi connectivity index (χ2v) is 7.37. The lowest BCUT2D eigenvalue weighted by atomic mass is 9.92. The number of anilines is 1. The van der Waals surface area contributed by atoms with E-state index in [2.05, 4.69) is 25.1 Å². The predicted molar refractivity (Wildman–Crippen MR) is 109 cm³/mol. The number of aliphatic hydroxyl groups excluding tert-OH is 1. The molecule has 2 aromatic carbocycles. The Morgan fingerprint density at radius 2 is 1.89 bits per heavy atom. The molecule has 1 aliphatic heterocycles. The fraction of sp³-hybridized carbons (Fsp3) is 0.478. The van der Waals surface area contributed by atoms with E-state index in [9.17, 15) is 5.11 Å². The summed E-state index contributed by atoms with van der Waals surface area (Å²) in [7, 11) is 0. The van der Waals surface area contributed by atoms with Crippen molar-refractivity contribution in [1.82, 2.24) is 0 Å². The molecule has 3 N–H and O–H groups in total. The maximum absolute atomic E-state index is 10.3. The summed E-state index contributed by atoms with van der Waals surface area (Å²) in [6.07, 6.45) is 3.97. The molecule has 4 heteroatoms. The van der Waals surface area contributed by atoms with Crippen LogP contribution in [0.1, 0.15) is 62.3 Å². The van der Waals surface area contributed by atoms with Gasteiger partial charge in [-0.25, -0.2) is 0 Å². The van der Waals surface area contributed by atoms with Gasteiger partial charge in [0.05, 0.1) is 24.9 Å². The lowest BCUT2D eigenvalue weighted by Crippen LogP contribution is -2.31. The highest BCUT2D eigenvalue weighted by atomic mass is 16.5. The molecule has 3 atom stereocenters. The van der Waals surface area contributed by atoms with Crippen LogP contribution >= 0.6 is 0 Å². The average Bonchev–Trinajstić information content (AvgIpc) is 2.65. The second-order valence-electron chi connectivity index (χ2n) is 7.37. The molecule has 1 fully saturated rings. The Balaban J connectivity index is 1.75. The van der Waals surface area contributed by atoms with Crippen LogP contribution in [0.15, 0.2) is 42.5 Å². The zero-order valence-corrected chi connectivity index (χ0v) is 16.4. The van der Waals surface area contributed by atoms with Gasteiger partial charge in [-0.1, -0.05) is 37.6 Å². The van der Waals surface area contributed by atoms with Crippen LogP contribution < -0.4 is 10.5 Å². The first-order valence-electron chi connectivity index (χ1n) is 10.0. The SMILES string of the molecule is CCCC1CC(O)CC(c2ccc(N)c(Cc3ccc(OCC)cc3)c2)O1. The molecule has 3 unspecified atom stereocenters. The van der Waals surface area contributed by atoms with Crippen molar-refractivity contribution < 1.29 is 14.6 Å². The molecule has 4 nitrogen and oxygen atoms in total. The first-order valence-corrected chi connectivity index (χ1v) is 10.0. The highest BCUT2D eigenvalue weighted by Gasteiger charge is 2.29. The molecule has 0 spiro atoms. The summed E-state index contributed by atoms with van der Waals surface area (Å²) in [5.41, 5.74) is 10.4. The predicted octanol–water partition coefficient (Wildman–Crippen LogP) is 4.64. The quantitative estimate of drug-likeness (QED) is 0.698. The summed E-state index contributed by atoms with van der Waals surface area (Å²) >= 11 is 0. The lowest BCUT2D eigenvalue weighted by molar-refractivity contribution is -0.100. The van der Waals surface area contributed by atoms with E-state index in [-0.39, 0.29) is 18.3 Å². The van der Waals surface area contributed by atoms with Crippen molar-refractivity contribution >= 4 is 5.69 Å². The van der Waals surface area contributed by atoms with E-state index in [0.717, 1.165) is 48.2 Å². The summed E-state index contributed by atoms with van der Waals surface area (Å²) in [6, 6.07) is 14.3. The van der Waals surface area contributed by atoms with Gasteiger partial charge in [-0.3, -0.25) is 0 Å². The fourth-order valence-corrected chi connectivity index (χ4v) is 3.78. The smallest absolute Gasteiger partial charge is 0.119 e. The summed E-state index contributed by atoms with van der Waals surface area (Å²) in [5, 5.41) is 10.3. The Kier molecular flexibility index (Phi) is 6.75. The van der Waals surface area contributed by atoms with Crippen LogP contribution in [-0.4, -0.2) is 23.9 Å². The van der Waals surface area contributed by atoms with E-state index >= 15 is 0 Å². The van der Waals surface area contributed by atoms with Crippen LogP contribution in [0.2, 0.25) is 0 Å². The van der Waals surface area contributed by atoms with E-state index < -0.39 is 0 Å². The molecule has 0 bridgehead atoms. The molecule has 3 rings (SSSR count). The third kappa shape index (κ3) is 5.24. The minimum atomic E-state index is -0.299. The van der Waals surface area contributed by atoms with Crippen molar-refractivity contribution in [3.05, 3.63) is 59.2 Å². The Labute approximate surface area is 162 Å². The zero-order valence-electron chi connectivity index (χ0n) is 16.4. The average molecular weight is 370 g/mol. The van der Waals surface area contributed by atoms with Gasteiger partial charge in [-0.15, -0.1) is 0 Å². The van der Waals surface area contributed by atoms with Crippen LogP contribution in [0.4, 0.5) is 5.69 Å². The van der Waals surface area contributed by atoms with E-state index in [1.807, 2.05) is 31.2 Å². The molecule has 146 valence electrons. The molecule has 0 aliphatic carbocycles. The van der Waals surface area contributed by atoms with Crippen molar-refractivity contribution in [2.75, 3.05) is 12.3 Å². The van der Waals surface area contributed by atoms with Gasteiger partial charge >= 0.3 is 0 Å². The van der Waals surface area contributed by atoms with Crippen molar-refractivity contribution in [1.29, 1.82) is 0 Å². The lowest BCUT2D eigenvalue weighted by Gasteiger charge is -2.33. The minimum Gasteiger partial charge on any atom is -0.494 e. The number of benzene rings is 2. The van der Waals surface area contributed by atoms with Gasteiger partial charge in [0, 0.05) is 12.1 Å². The monoisotopic (exact) mass is 369 g/mol. The van der Waals surface area contributed by atoms with Crippen LogP contribution in [0.3, 0.4) is 0 Å². The van der Waals surface area contributed by atoms with Gasteiger partial charge in [0.2, 0.25) is 0 Å². The number of ether oxygens (including phenoxy) is 2. The molecule has 1 saturated heterocycles. The van der Waals surface area contributed by atoms with Crippen LogP contribution in [0, 0.1) is 0 Å². The summed E-state index contributed by atoms with van der Waals surface area (Å²) in [4.78, 5) is 0. The number of nitrogen functional groups attached to an aromatic ring is 1. The molecular formula is C23H31NO3. The van der Waals surface area contributed by atoms with E-state index in [0.29, 0.717) is 13.0 Å². The van der Waals surface area contributed by atoms with Gasteiger partial charge in [-0.2, -0.15) is 0 Å². The largest absolute Gasteiger partial charge is 0.494 e. The number of hydrogen-bond acceptors (Lipinski definition) is 4. The molecule has 27 heavy (non-hydrogen) atoms. The Morgan fingerprint density at radius 3 is 2.59 bits per heavy atom. The number of aliphatic hydroxyl groups is 1. The van der Waals surface area contributed by atoms with Crippen LogP contribution in [0.5, 0.6) is 5.75 Å². The zero-order chi connectivity index (χ0) is 19.2. The maximum atomic E-state index is 10.3. The fourth-order valence-electron chi connectivity index (χ4n) is 3.78. The number of nitrogens with two attached hydrogens (primary N) is 1. The Morgan fingerprint density at radius 1 is 1.11 bits per heavy atom. The molecule has 0 saturated carbocycles. The molecule has 0 radical (unpaired) electrons. The van der Waals surface area contributed by atoms with E-state index in [1.54, 1.807) is 0 Å². The molecule has 0 aromatic heterocycles. The van der Waals surface area contributed by atoms with Gasteiger partial charge in [-0.05, 0) is 61.1 Å². The normalized spacial score (nSPS) is 22.6. The third-order valence-electron chi connectivity index (χ3n) is 5.16. The molecule has 2 aromatic rings. The number of rotatable bonds is 7. The second kappa shape index (κ2) is 9.25. The van der Waals surface area contributed by atoms with E-state index in [1.165, 1.54) is 5.56 Å². The van der Waals surface area contributed by atoms with E-state index in [4.69, 9.17) is 15.2 Å². The van der Waals surface area contributed by atoms with Gasteiger partial charge in [0.15, 0.2) is 0 Å². The van der Waals surface area contributed by atoms with Crippen molar-refractivity contribution in [3.63, 3.8) is 0 Å². The first-order chi connectivity index (χ1) is 13.1. The minimum absolute atomic E-state index is 0.0648. The molecule has 0 amide bonds. The van der Waals surface area contributed by atoms with Crippen LogP contribution in [-0.2, 0) is 11.2 Å². The topological polar surface area (TPSA) is 64.7 Å². The maximum Gasteiger partial charge on any atom is 0.119 e. The van der Waals surface area contributed by atoms with Crippen molar-refractivity contribution in [2.45, 2.75) is 64.3 Å². The van der Waals surface area contributed by atoms with Crippen molar-refractivity contribution in [2.24, 2.45) is 0 Å². The van der Waals surface area contributed by atoms with Crippen molar-refractivity contribution in [3.8, 4) is 5.75 Å².